The first kappa shape index (κ1) is 25.0. The minimum Gasteiger partial charge on any atom is -0.494 e. The third-order valence-corrected chi connectivity index (χ3v) is 7.16. The van der Waals surface area contributed by atoms with E-state index in [1.165, 1.54) is 77.7 Å². The second-order valence-electron chi connectivity index (χ2n) is 8.58. The Kier molecular flexibility index (Phi) is 10.8. The predicted molar refractivity (Wildman–Crippen MR) is 132 cm³/mol. The minimum absolute atomic E-state index is 0. The monoisotopic (exact) mass is 460 g/mol. The van der Waals surface area contributed by atoms with Crippen LogP contribution in [0.25, 0.3) is 5.69 Å². The van der Waals surface area contributed by atoms with Gasteiger partial charge in [0.2, 0.25) is 5.16 Å². The van der Waals surface area contributed by atoms with Crippen LogP contribution in [0, 0.1) is 0 Å². The van der Waals surface area contributed by atoms with Crippen LogP contribution in [0.3, 0.4) is 0 Å². The van der Waals surface area contributed by atoms with Crippen LogP contribution in [0.1, 0.15) is 58.8 Å². The number of ether oxygens (including phenoxy) is 1. The smallest absolute Gasteiger partial charge is 0.214 e. The van der Waals surface area contributed by atoms with Crippen molar-refractivity contribution >= 4 is 11.8 Å². The summed E-state index contributed by atoms with van der Waals surface area (Å²) in [5.41, 5.74) is 0.976. The lowest BCUT2D eigenvalue weighted by Crippen LogP contribution is -2.31. The molecule has 1 aromatic carbocycles. The number of thioether (sulfide) groups is 1. The molecule has 0 bridgehead atoms. The highest BCUT2D eigenvalue weighted by atomic mass is 32.2. The highest BCUT2D eigenvalue weighted by Crippen LogP contribution is 2.21. The first-order valence-electron chi connectivity index (χ1n) is 12.0. The zero-order valence-corrected chi connectivity index (χ0v) is 19.4. The number of hydrogen-bond acceptors (Lipinski definition) is 7. The quantitative estimate of drug-likeness (QED) is 0.361. The number of tetrazole rings is 1. The van der Waals surface area contributed by atoms with E-state index in [1.54, 1.807) is 11.8 Å². The predicted octanol–water partition coefficient (Wildman–Crippen LogP) is 4.52. The van der Waals surface area contributed by atoms with Gasteiger partial charge in [-0.2, -0.15) is 4.68 Å². The van der Waals surface area contributed by atoms with Gasteiger partial charge in [0.1, 0.15) is 5.75 Å². The molecule has 7 nitrogen and oxygen atoms in total. The fourth-order valence-corrected chi connectivity index (χ4v) is 5.22. The van der Waals surface area contributed by atoms with Crippen LogP contribution >= 0.6 is 11.8 Å². The number of rotatable bonds is 11. The zero-order chi connectivity index (χ0) is 21.1. The molecule has 178 valence electrons. The van der Waals surface area contributed by atoms with Crippen molar-refractivity contribution in [2.45, 2.75) is 63.9 Å². The number of hydrogen-bond donors (Lipinski definition) is 0. The molecule has 4 rings (SSSR count). The molecule has 2 aliphatic rings. The Morgan fingerprint density at radius 3 is 2.09 bits per heavy atom. The molecule has 0 atom stereocenters. The number of benzene rings is 1. The van der Waals surface area contributed by atoms with E-state index >= 15 is 0 Å². The van der Waals surface area contributed by atoms with Crippen LogP contribution in [0.2, 0.25) is 0 Å². The van der Waals surface area contributed by atoms with Crippen molar-refractivity contribution in [3.63, 3.8) is 0 Å². The summed E-state index contributed by atoms with van der Waals surface area (Å²) in [6, 6.07) is 8.10. The second-order valence-corrected chi connectivity index (χ2v) is 9.64. The van der Waals surface area contributed by atoms with Crippen LogP contribution < -0.4 is 4.74 Å². The van der Waals surface area contributed by atoms with Gasteiger partial charge in [0.05, 0.1) is 12.3 Å². The van der Waals surface area contributed by atoms with Crippen molar-refractivity contribution in [3.8, 4) is 11.4 Å². The van der Waals surface area contributed by atoms with Crippen LogP contribution in [-0.4, -0.2) is 81.6 Å². The molecule has 0 spiro atoms. The summed E-state index contributed by atoms with van der Waals surface area (Å²) in [7, 11) is 0. The summed E-state index contributed by atoms with van der Waals surface area (Å²) in [6.07, 6.45) is 10.4. The van der Waals surface area contributed by atoms with Gasteiger partial charge in [0.25, 0.3) is 0 Å². The van der Waals surface area contributed by atoms with Crippen molar-refractivity contribution in [1.82, 2.24) is 30.0 Å². The standard InChI is InChI=1S/C23H36N6OS.CH4/c1-3-13-27(14-4-1)17-7-19-30-22-11-9-21(10-12-22)29-23(24-25-26-29)31-20-8-18-28-15-5-2-6-16-28;/h9-12H,1-8,13-20H2;1H4. The molecule has 0 N–H and O–H groups in total. The highest BCUT2D eigenvalue weighted by Gasteiger charge is 2.12. The Bertz CT molecular complexity index is 756. The average molecular weight is 461 g/mol. The Balaban J connectivity index is 0.00000289. The van der Waals surface area contributed by atoms with Gasteiger partial charge in [-0.3, -0.25) is 0 Å². The summed E-state index contributed by atoms with van der Waals surface area (Å²) in [5.74, 6) is 1.95. The summed E-state index contributed by atoms with van der Waals surface area (Å²) in [5, 5.41) is 13.2. The molecular weight excluding hydrogens is 420 g/mol. The Morgan fingerprint density at radius 2 is 1.44 bits per heavy atom. The first-order chi connectivity index (χ1) is 15.4. The third kappa shape index (κ3) is 7.74. The SMILES string of the molecule is C.c1cc(-n2nnnc2SCCCN2CCCCC2)ccc1OCCCN1CCCCC1. The molecular formula is C24H40N6OS. The van der Waals surface area contributed by atoms with Crippen LogP contribution in [-0.2, 0) is 0 Å². The van der Waals surface area contributed by atoms with Crippen LogP contribution in [0.4, 0.5) is 0 Å². The first-order valence-corrected chi connectivity index (χ1v) is 13.0. The molecule has 8 heteroatoms. The van der Waals surface area contributed by atoms with E-state index in [2.05, 4.69) is 25.3 Å². The maximum absolute atomic E-state index is 5.94. The average Bonchev–Trinajstić information content (AvgIpc) is 3.30. The fraction of sp³-hybridized carbons (Fsp3) is 0.708. The normalized spacial score (nSPS) is 17.8. The molecule has 0 saturated carbocycles. The third-order valence-electron chi connectivity index (χ3n) is 6.16. The topological polar surface area (TPSA) is 59.3 Å². The maximum Gasteiger partial charge on any atom is 0.214 e. The minimum atomic E-state index is 0. The second kappa shape index (κ2) is 13.8. The summed E-state index contributed by atoms with van der Waals surface area (Å²) < 4.78 is 7.76. The Labute approximate surface area is 197 Å². The molecule has 2 saturated heterocycles. The van der Waals surface area contributed by atoms with Gasteiger partial charge in [-0.15, -0.1) is 5.10 Å². The van der Waals surface area contributed by atoms with Crippen LogP contribution in [0.5, 0.6) is 5.75 Å². The number of nitrogens with zero attached hydrogens (tertiary/aromatic N) is 6. The van der Waals surface area contributed by atoms with E-state index in [1.807, 2.05) is 28.9 Å². The summed E-state index contributed by atoms with van der Waals surface area (Å²) in [4.78, 5) is 5.14. The van der Waals surface area contributed by atoms with Gasteiger partial charge < -0.3 is 14.5 Å². The number of aromatic nitrogens is 4. The molecule has 2 aliphatic heterocycles. The summed E-state index contributed by atoms with van der Waals surface area (Å²) >= 11 is 1.74. The van der Waals surface area contributed by atoms with Gasteiger partial charge in [-0.1, -0.05) is 32.0 Å². The molecule has 0 aliphatic carbocycles. The summed E-state index contributed by atoms with van der Waals surface area (Å²) in [6.45, 7) is 8.10. The lowest BCUT2D eigenvalue weighted by molar-refractivity contribution is 0.205. The van der Waals surface area contributed by atoms with Crippen LogP contribution in [0.15, 0.2) is 29.4 Å². The van der Waals surface area contributed by atoms with Crippen molar-refractivity contribution in [3.05, 3.63) is 24.3 Å². The maximum atomic E-state index is 5.94. The lowest BCUT2D eigenvalue weighted by Gasteiger charge is -2.26. The van der Waals surface area contributed by atoms with E-state index in [0.29, 0.717) is 0 Å². The van der Waals surface area contributed by atoms with Gasteiger partial charge in [0, 0.05) is 12.3 Å². The van der Waals surface area contributed by atoms with E-state index in [4.69, 9.17) is 4.74 Å². The molecule has 32 heavy (non-hydrogen) atoms. The fourth-order valence-electron chi connectivity index (χ4n) is 4.41. The van der Waals surface area contributed by atoms with E-state index in [9.17, 15) is 0 Å². The number of likely N-dealkylation sites (tertiary alicyclic amines) is 2. The molecule has 0 radical (unpaired) electrons. The highest BCUT2D eigenvalue weighted by molar-refractivity contribution is 7.99. The number of piperidine rings is 2. The van der Waals surface area contributed by atoms with E-state index < -0.39 is 0 Å². The van der Waals surface area contributed by atoms with Crippen molar-refractivity contribution in [2.24, 2.45) is 0 Å². The molecule has 2 aromatic rings. The van der Waals surface area contributed by atoms with Crippen molar-refractivity contribution in [1.29, 1.82) is 0 Å². The van der Waals surface area contributed by atoms with Gasteiger partial charge in [-0.05, 0) is 106 Å². The van der Waals surface area contributed by atoms with Crippen molar-refractivity contribution < 1.29 is 4.74 Å². The van der Waals surface area contributed by atoms with Crippen molar-refractivity contribution in [2.75, 3.05) is 51.6 Å². The van der Waals surface area contributed by atoms with Gasteiger partial charge in [0.15, 0.2) is 0 Å². The Hall–Kier alpha value is -1.64. The largest absolute Gasteiger partial charge is 0.494 e. The van der Waals surface area contributed by atoms with E-state index in [0.717, 1.165) is 41.9 Å². The molecule has 0 unspecified atom stereocenters. The molecule has 1 aromatic heterocycles. The molecule has 0 amide bonds. The molecule has 2 fully saturated rings. The van der Waals surface area contributed by atoms with Gasteiger partial charge >= 0.3 is 0 Å². The zero-order valence-electron chi connectivity index (χ0n) is 18.6. The van der Waals surface area contributed by atoms with Gasteiger partial charge in [-0.25, -0.2) is 0 Å². The Morgan fingerprint density at radius 1 is 0.812 bits per heavy atom. The lowest BCUT2D eigenvalue weighted by atomic mass is 10.1. The molecule has 3 heterocycles. The van der Waals surface area contributed by atoms with E-state index in [-0.39, 0.29) is 7.43 Å².